The average Bonchev–Trinajstić information content (AvgIpc) is 2.89. The topological polar surface area (TPSA) is 57.8 Å². The molecule has 0 bridgehead atoms. The number of fused-ring (bicyclic) bond motifs is 1. The number of pyridine rings is 1. The highest BCUT2D eigenvalue weighted by molar-refractivity contribution is 6.12. The van der Waals surface area contributed by atoms with E-state index in [-0.39, 0.29) is 5.91 Å². The number of nitrogens with zero attached hydrogens (tertiary/aromatic N) is 1. The third kappa shape index (κ3) is 2.20. The molecule has 0 aliphatic heterocycles. The van der Waals surface area contributed by atoms with Crippen LogP contribution in [-0.4, -0.2) is 15.9 Å². The van der Waals surface area contributed by atoms with Crippen molar-refractivity contribution in [1.82, 2.24) is 9.97 Å². The molecule has 0 aliphatic carbocycles. The Morgan fingerprint density at radius 3 is 2.89 bits per heavy atom. The summed E-state index contributed by atoms with van der Waals surface area (Å²) >= 11 is 0. The van der Waals surface area contributed by atoms with Gasteiger partial charge in [0.25, 0.3) is 5.91 Å². The molecule has 0 fully saturated rings. The molecule has 19 heavy (non-hydrogen) atoms. The van der Waals surface area contributed by atoms with E-state index in [1.54, 1.807) is 6.20 Å². The SMILES string of the molecule is Cc1ccc(NC(=O)c2cccc3[nH]ccc23)cn1. The Morgan fingerprint density at radius 1 is 1.21 bits per heavy atom. The Hall–Kier alpha value is -2.62. The van der Waals surface area contributed by atoms with Gasteiger partial charge in [0.1, 0.15) is 0 Å². The first kappa shape index (κ1) is 11.5. The summed E-state index contributed by atoms with van der Waals surface area (Å²) in [5, 5.41) is 3.77. The van der Waals surface area contributed by atoms with Crippen LogP contribution >= 0.6 is 0 Å². The van der Waals surface area contributed by atoms with Crippen LogP contribution in [0.4, 0.5) is 5.69 Å². The molecule has 2 N–H and O–H groups in total. The van der Waals surface area contributed by atoms with E-state index in [4.69, 9.17) is 0 Å². The number of anilines is 1. The number of benzene rings is 1. The quantitative estimate of drug-likeness (QED) is 0.735. The summed E-state index contributed by atoms with van der Waals surface area (Å²) in [6, 6.07) is 11.2. The highest BCUT2D eigenvalue weighted by Gasteiger charge is 2.10. The maximum Gasteiger partial charge on any atom is 0.256 e. The second kappa shape index (κ2) is 4.57. The van der Waals surface area contributed by atoms with Gasteiger partial charge in [0.15, 0.2) is 0 Å². The zero-order chi connectivity index (χ0) is 13.2. The first-order valence-corrected chi connectivity index (χ1v) is 6.04. The summed E-state index contributed by atoms with van der Waals surface area (Å²) in [5.74, 6) is -0.129. The second-order valence-electron chi connectivity index (χ2n) is 4.39. The Balaban J connectivity index is 1.92. The van der Waals surface area contributed by atoms with Crippen molar-refractivity contribution in [3.05, 3.63) is 60.0 Å². The van der Waals surface area contributed by atoms with Gasteiger partial charge in [-0.3, -0.25) is 9.78 Å². The van der Waals surface area contributed by atoms with E-state index in [1.165, 1.54) is 0 Å². The van der Waals surface area contributed by atoms with Crippen molar-refractivity contribution in [1.29, 1.82) is 0 Å². The monoisotopic (exact) mass is 251 g/mol. The van der Waals surface area contributed by atoms with Crippen molar-refractivity contribution >= 4 is 22.5 Å². The molecule has 0 saturated heterocycles. The molecule has 1 amide bonds. The van der Waals surface area contributed by atoms with Crippen LogP contribution in [0, 0.1) is 6.92 Å². The summed E-state index contributed by atoms with van der Waals surface area (Å²) in [6.45, 7) is 1.91. The molecule has 3 aromatic rings. The first-order valence-electron chi connectivity index (χ1n) is 6.04. The maximum atomic E-state index is 12.3. The number of nitrogens with one attached hydrogen (secondary N) is 2. The van der Waals surface area contributed by atoms with Gasteiger partial charge in [-0.25, -0.2) is 0 Å². The molecule has 4 nitrogen and oxygen atoms in total. The molecule has 3 rings (SSSR count). The smallest absolute Gasteiger partial charge is 0.256 e. The molecule has 1 aromatic carbocycles. The van der Waals surface area contributed by atoms with Gasteiger partial charge in [0.2, 0.25) is 0 Å². The van der Waals surface area contributed by atoms with Crippen molar-refractivity contribution in [2.24, 2.45) is 0 Å². The zero-order valence-electron chi connectivity index (χ0n) is 10.5. The predicted octanol–water partition coefficient (Wildman–Crippen LogP) is 3.12. The van der Waals surface area contributed by atoms with E-state index >= 15 is 0 Å². The normalized spacial score (nSPS) is 10.6. The lowest BCUT2D eigenvalue weighted by Crippen LogP contribution is -2.12. The molecular weight excluding hydrogens is 238 g/mol. The molecule has 4 heteroatoms. The molecule has 0 radical (unpaired) electrons. The first-order chi connectivity index (χ1) is 9.24. The van der Waals surface area contributed by atoms with Crippen LogP contribution in [-0.2, 0) is 0 Å². The van der Waals surface area contributed by atoms with Crippen LogP contribution in [0.2, 0.25) is 0 Å². The third-order valence-corrected chi connectivity index (χ3v) is 3.01. The van der Waals surface area contributed by atoms with E-state index in [0.717, 1.165) is 16.6 Å². The van der Waals surface area contributed by atoms with Gasteiger partial charge in [-0.1, -0.05) is 6.07 Å². The van der Waals surface area contributed by atoms with Gasteiger partial charge < -0.3 is 10.3 Å². The number of aromatic amines is 1. The van der Waals surface area contributed by atoms with Crippen LogP contribution in [0.1, 0.15) is 16.1 Å². The van der Waals surface area contributed by atoms with Crippen molar-refractivity contribution in [3.63, 3.8) is 0 Å². The lowest BCUT2D eigenvalue weighted by Gasteiger charge is -2.06. The van der Waals surface area contributed by atoms with Gasteiger partial charge in [-0.2, -0.15) is 0 Å². The second-order valence-corrected chi connectivity index (χ2v) is 4.39. The Kier molecular flexibility index (Phi) is 2.76. The van der Waals surface area contributed by atoms with E-state index in [0.29, 0.717) is 11.3 Å². The lowest BCUT2D eigenvalue weighted by molar-refractivity contribution is 0.102. The number of aryl methyl sites for hydroxylation is 1. The van der Waals surface area contributed by atoms with Crippen LogP contribution in [0.15, 0.2) is 48.8 Å². The van der Waals surface area contributed by atoms with Crippen LogP contribution in [0.3, 0.4) is 0 Å². The fourth-order valence-electron chi connectivity index (χ4n) is 2.02. The number of rotatable bonds is 2. The maximum absolute atomic E-state index is 12.3. The highest BCUT2D eigenvalue weighted by Crippen LogP contribution is 2.18. The average molecular weight is 251 g/mol. The van der Waals surface area contributed by atoms with Gasteiger partial charge in [0.05, 0.1) is 11.9 Å². The molecule has 0 unspecified atom stereocenters. The lowest BCUT2D eigenvalue weighted by atomic mass is 10.1. The van der Waals surface area contributed by atoms with Crippen LogP contribution < -0.4 is 5.32 Å². The number of hydrogen-bond acceptors (Lipinski definition) is 2. The van der Waals surface area contributed by atoms with Gasteiger partial charge in [-0.05, 0) is 37.3 Å². The minimum atomic E-state index is -0.129. The van der Waals surface area contributed by atoms with Crippen LogP contribution in [0.5, 0.6) is 0 Å². The molecule has 94 valence electrons. The minimum absolute atomic E-state index is 0.129. The van der Waals surface area contributed by atoms with Gasteiger partial charge >= 0.3 is 0 Å². The number of amides is 1. The molecule has 0 saturated carbocycles. The molecule has 0 spiro atoms. The molecule has 0 aliphatic rings. The van der Waals surface area contributed by atoms with Crippen molar-refractivity contribution in [2.45, 2.75) is 6.92 Å². The Labute approximate surface area is 110 Å². The van der Waals surface area contributed by atoms with E-state index in [1.807, 2.05) is 49.5 Å². The predicted molar refractivity (Wildman–Crippen MR) is 75.2 cm³/mol. The van der Waals surface area contributed by atoms with Crippen molar-refractivity contribution in [2.75, 3.05) is 5.32 Å². The zero-order valence-corrected chi connectivity index (χ0v) is 10.5. The third-order valence-electron chi connectivity index (χ3n) is 3.01. The summed E-state index contributed by atoms with van der Waals surface area (Å²) in [6.07, 6.45) is 3.49. The number of carbonyl (C=O) groups is 1. The Bertz CT molecular complexity index is 728. The molecule has 2 heterocycles. The van der Waals surface area contributed by atoms with E-state index in [2.05, 4.69) is 15.3 Å². The fourth-order valence-corrected chi connectivity index (χ4v) is 2.02. The number of aromatic nitrogens is 2. The standard InChI is InChI=1S/C15H13N3O/c1-10-5-6-11(9-17-10)18-15(19)13-3-2-4-14-12(13)7-8-16-14/h2-9,16H,1H3,(H,18,19). The molecule has 2 aromatic heterocycles. The molecule has 0 atom stereocenters. The highest BCUT2D eigenvalue weighted by atomic mass is 16.1. The molecular formula is C15H13N3O. The number of H-pyrrole nitrogens is 1. The van der Waals surface area contributed by atoms with Crippen molar-refractivity contribution in [3.8, 4) is 0 Å². The fraction of sp³-hybridized carbons (Fsp3) is 0.0667. The van der Waals surface area contributed by atoms with E-state index < -0.39 is 0 Å². The van der Waals surface area contributed by atoms with Gasteiger partial charge in [0, 0.05) is 28.4 Å². The summed E-state index contributed by atoms with van der Waals surface area (Å²) < 4.78 is 0. The Morgan fingerprint density at radius 2 is 2.11 bits per heavy atom. The summed E-state index contributed by atoms with van der Waals surface area (Å²) in [4.78, 5) is 19.5. The summed E-state index contributed by atoms with van der Waals surface area (Å²) in [7, 11) is 0. The largest absolute Gasteiger partial charge is 0.361 e. The number of carbonyl (C=O) groups excluding carboxylic acids is 1. The van der Waals surface area contributed by atoms with Gasteiger partial charge in [-0.15, -0.1) is 0 Å². The number of hydrogen-bond donors (Lipinski definition) is 2. The minimum Gasteiger partial charge on any atom is -0.361 e. The summed E-state index contributed by atoms with van der Waals surface area (Å²) in [5.41, 5.74) is 3.22. The van der Waals surface area contributed by atoms with Crippen LogP contribution in [0.25, 0.3) is 10.9 Å². The van der Waals surface area contributed by atoms with Crippen molar-refractivity contribution < 1.29 is 4.79 Å². The van der Waals surface area contributed by atoms with E-state index in [9.17, 15) is 4.79 Å².